The second kappa shape index (κ2) is 16.0. The summed E-state index contributed by atoms with van der Waals surface area (Å²) >= 11 is 0. The van der Waals surface area contributed by atoms with Crippen LogP contribution >= 0.6 is 0 Å². The van der Waals surface area contributed by atoms with Crippen molar-refractivity contribution in [1.82, 2.24) is 40.0 Å². The third kappa shape index (κ3) is 7.31. The Balaban J connectivity index is 0.000000143. The van der Waals surface area contributed by atoms with Crippen molar-refractivity contribution in [3.63, 3.8) is 0 Å². The standard InChI is InChI=1S/2C17H12N3O.C5H4N2O2.Ir/c2*1-21-17-11-10-16(12-6-2-3-7-13(12)17)20-18-14-8-4-5-9-15(14)19-20;8-5(9)4-3-6-1-2-7-4;/h2*2-9,11H,1H3;1-3H,(H,8,9);/q2*-1;;. The Bertz CT molecular complexity index is 2400. The summed E-state index contributed by atoms with van der Waals surface area (Å²) in [5, 5.41) is 30.4. The number of hydrogen-bond acceptors (Lipinski definition) is 9. The molecule has 3 heterocycles. The van der Waals surface area contributed by atoms with Crippen LogP contribution in [-0.4, -0.2) is 65.3 Å². The van der Waals surface area contributed by atoms with Crippen molar-refractivity contribution in [3.8, 4) is 22.9 Å². The summed E-state index contributed by atoms with van der Waals surface area (Å²) in [6.45, 7) is 0. The van der Waals surface area contributed by atoms with Crippen LogP contribution in [0.3, 0.4) is 0 Å². The molecular formula is C39H28IrN8O4-2. The number of methoxy groups -OCH3 is 2. The van der Waals surface area contributed by atoms with Gasteiger partial charge in [0.1, 0.15) is 22.1 Å². The fourth-order valence-electron chi connectivity index (χ4n) is 5.39. The fourth-order valence-corrected chi connectivity index (χ4v) is 5.39. The molecule has 0 aliphatic carbocycles. The van der Waals surface area contributed by atoms with Crippen molar-refractivity contribution in [2.75, 3.05) is 14.2 Å². The van der Waals surface area contributed by atoms with Gasteiger partial charge in [-0.3, -0.25) is 4.98 Å². The van der Waals surface area contributed by atoms with E-state index in [0.717, 1.165) is 66.5 Å². The number of hydrogen-bond donors (Lipinski definition) is 1. The topological polar surface area (TPSA) is 143 Å². The fraction of sp³-hybridized carbons (Fsp3) is 0.0513. The van der Waals surface area contributed by atoms with Crippen molar-refractivity contribution < 1.29 is 39.5 Å². The molecule has 0 fully saturated rings. The van der Waals surface area contributed by atoms with E-state index in [2.05, 4.69) is 42.5 Å². The number of ether oxygens (including phenoxy) is 2. The zero-order chi connectivity index (χ0) is 35.2. The number of nitrogens with zero attached hydrogens (tertiary/aromatic N) is 8. The van der Waals surface area contributed by atoms with Crippen LogP contribution in [0.1, 0.15) is 10.5 Å². The first kappa shape index (κ1) is 35.3. The molecule has 259 valence electrons. The van der Waals surface area contributed by atoms with Crippen molar-refractivity contribution >= 4 is 49.6 Å². The van der Waals surface area contributed by atoms with E-state index in [1.165, 1.54) is 18.6 Å². The zero-order valence-corrected chi connectivity index (χ0v) is 30.1. The molecule has 0 aliphatic heterocycles. The molecule has 0 spiro atoms. The first-order valence-electron chi connectivity index (χ1n) is 15.6. The van der Waals surface area contributed by atoms with Gasteiger partial charge in [-0.2, -0.15) is 42.1 Å². The molecule has 1 radical (unpaired) electrons. The number of rotatable bonds is 5. The Hall–Kier alpha value is -6.56. The largest absolute Gasteiger partial charge is 0.554 e. The van der Waals surface area contributed by atoms with Gasteiger partial charge < -0.3 is 14.6 Å². The number of aromatic nitrogens is 8. The van der Waals surface area contributed by atoms with Crippen molar-refractivity contribution in [2.24, 2.45) is 0 Å². The molecule has 0 atom stereocenters. The van der Waals surface area contributed by atoms with E-state index < -0.39 is 5.97 Å². The van der Waals surface area contributed by atoms with E-state index in [1.54, 1.807) is 23.8 Å². The van der Waals surface area contributed by atoms with E-state index in [-0.39, 0.29) is 25.8 Å². The molecule has 0 saturated heterocycles. The minimum atomic E-state index is -1.05. The minimum absolute atomic E-state index is 0. The van der Waals surface area contributed by atoms with Gasteiger partial charge in [0.25, 0.3) is 0 Å². The van der Waals surface area contributed by atoms with E-state index in [9.17, 15) is 4.79 Å². The second-order valence-corrected chi connectivity index (χ2v) is 10.9. The third-order valence-corrected chi connectivity index (χ3v) is 7.77. The van der Waals surface area contributed by atoms with E-state index in [0.29, 0.717) is 0 Å². The molecule has 0 bridgehead atoms. The molecule has 6 aromatic carbocycles. The maximum absolute atomic E-state index is 10.1. The Morgan fingerprint density at radius 1 is 0.596 bits per heavy atom. The summed E-state index contributed by atoms with van der Waals surface area (Å²) in [5.41, 5.74) is 5.08. The maximum Gasteiger partial charge on any atom is 0.356 e. The van der Waals surface area contributed by atoms with E-state index in [1.807, 2.05) is 109 Å². The molecular weight excluding hydrogens is 837 g/mol. The summed E-state index contributed by atoms with van der Waals surface area (Å²) < 4.78 is 10.8. The zero-order valence-electron chi connectivity index (χ0n) is 27.7. The monoisotopic (exact) mass is 865 g/mol. The Morgan fingerprint density at radius 3 is 1.31 bits per heavy atom. The summed E-state index contributed by atoms with van der Waals surface area (Å²) in [4.78, 5) is 20.4. The normalized spacial score (nSPS) is 10.5. The molecule has 0 saturated carbocycles. The number of carbonyl (C=O) groups is 1. The van der Waals surface area contributed by atoms with Gasteiger partial charge in [0.2, 0.25) is 0 Å². The Labute approximate surface area is 310 Å². The van der Waals surface area contributed by atoms with Crippen LogP contribution in [0.25, 0.3) is 55.0 Å². The first-order chi connectivity index (χ1) is 25.0. The third-order valence-electron chi connectivity index (χ3n) is 7.77. The Kier molecular flexibility index (Phi) is 10.8. The van der Waals surface area contributed by atoms with Gasteiger partial charge in [0.05, 0.1) is 20.4 Å². The smallest absolute Gasteiger partial charge is 0.356 e. The van der Waals surface area contributed by atoms with E-state index in [4.69, 9.17) is 14.6 Å². The van der Waals surface area contributed by atoms with Crippen LogP contribution < -0.4 is 9.47 Å². The number of carboxylic acids is 1. The molecule has 52 heavy (non-hydrogen) atoms. The van der Waals surface area contributed by atoms with Gasteiger partial charge in [0, 0.05) is 44.0 Å². The first-order valence-corrected chi connectivity index (χ1v) is 15.6. The predicted molar refractivity (Wildman–Crippen MR) is 193 cm³/mol. The quantitative estimate of drug-likeness (QED) is 0.181. The van der Waals surface area contributed by atoms with Crippen LogP contribution in [0.5, 0.6) is 11.5 Å². The molecule has 3 aromatic heterocycles. The molecule has 0 unspecified atom stereocenters. The van der Waals surface area contributed by atoms with Gasteiger partial charge >= 0.3 is 5.97 Å². The second-order valence-electron chi connectivity index (χ2n) is 10.9. The van der Waals surface area contributed by atoms with Gasteiger partial charge in [-0.1, -0.05) is 82.2 Å². The van der Waals surface area contributed by atoms with Gasteiger partial charge in [-0.15, -0.1) is 24.3 Å². The number of aromatic carboxylic acids is 1. The predicted octanol–water partition coefficient (Wildman–Crippen LogP) is 6.94. The van der Waals surface area contributed by atoms with E-state index >= 15 is 0 Å². The summed E-state index contributed by atoms with van der Waals surface area (Å²) in [6.07, 6.45) is 3.96. The van der Waals surface area contributed by atoms with Crippen molar-refractivity contribution in [1.29, 1.82) is 0 Å². The minimum Gasteiger partial charge on any atom is -0.554 e. The van der Waals surface area contributed by atoms with Crippen molar-refractivity contribution in [2.45, 2.75) is 0 Å². The average molecular weight is 865 g/mol. The molecule has 9 rings (SSSR count). The van der Waals surface area contributed by atoms with Gasteiger partial charge in [-0.05, 0) is 35.6 Å². The Morgan fingerprint density at radius 2 is 0.981 bits per heavy atom. The molecule has 12 nitrogen and oxygen atoms in total. The van der Waals surface area contributed by atoms with Crippen LogP contribution in [0.4, 0.5) is 0 Å². The molecule has 9 aromatic rings. The molecule has 1 N–H and O–H groups in total. The van der Waals surface area contributed by atoms with Gasteiger partial charge in [0.15, 0.2) is 5.69 Å². The van der Waals surface area contributed by atoms with Crippen LogP contribution in [0, 0.1) is 12.1 Å². The average Bonchev–Trinajstić information content (AvgIpc) is 3.83. The summed E-state index contributed by atoms with van der Waals surface area (Å²) in [6, 6.07) is 41.8. The molecule has 0 aliphatic rings. The summed E-state index contributed by atoms with van der Waals surface area (Å²) in [5.74, 6) is 0.542. The van der Waals surface area contributed by atoms with Crippen molar-refractivity contribution in [3.05, 3.63) is 146 Å². The molecule has 0 amide bonds. The molecule has 13 heteroatoms. The van der Waals surface area contributed by atoms with Crippen LogP contribution in [0.15, 0.2) is 128 Å². The number of carboxylic acid groups (broad SMARTS) is 1. The summed E-state index contributed by atoms with van der Waals surface area (Å²) in [7, 11) is 3.32. The van der Waals surface area contributed by atoms with Crippen LogP contribution in [-0.2, 0) is 20.1 Å². The maximum atomic E-state index is 10.1. The van der Waals surface area contributed by atoms with Crippen LogP contribution in [0.2, 0.25) is 0 Å². The van der Waals surface area contributed by atoms with Gasteiger partial charge in [-0.25, -0.2) is 9.78 Å². The number of benzene rings is 6. The number of fused-ring (bicyclic) bond motifs is 4. The SMILES string of the molecule is COc1c[c-]c(-n2nc3ccccc3n2)c2ccccc12.COc1c[c-]c(-n2nc3ccccc3n2)c2ccccc12.O=C(O)c1cnccn1.[Ir].